The standard InChI is InChI=1S/C32H26N2O/c1-4-11-21(12-5-2)22-13-10-14-23(19-22)32-33-20(3)30-29(34-32)28-26-17-8-6-15-24(26)25-16-7-9-18-27(25)31(28)35-30/h4-10,12-19,21H,1,11H2,2-3H3/b12-5-. The van der Waals surface area contributed by atoms with Crippen LogP contribution in [-0.4, -0.2) is 9.97 Å². The largest absolute Gasteiger partial charge is 0.452 e. The molecule has 0 spiro atoms. The molecule has 3 heteroatoms. The van der Waals surface area contributed by atoms with Crippen molar-refractivity contribution in [1.29, 1.82) is 0 Å². The van der Waals surface area contributed by atoms with Crippen LogP contribution < -0.4 is 0 Å². The molecule has 6 aromatic rings. The summed E-state index contributed by atoms with van der Waals surface area (Å²) in [5.41, 5.74) is 5.57. The van der Waals surface area contributed by atoms with Crippen molar-refractivity contribution in [3.05, 3.63) is 109 Å². The lowest BCUT2D eigenvalue weighted by Crippen LogP contribution is -1.97. The zero-order chi connectivity index (χ0) is 23.9. The molecule has 6 rings (SSSR count). The molecule has 1 unspecified atom stereocenters. The van der Waals surface area contributed by atoms with Gasteiger partial charge in [-0.2, -0.15) is 0 Å². The van der Waals surface area contributed by atoms with Crippen LogP contribution in [0.15, 0.2) is 102 Å². The molecule has 0 saturated carbocycles. The van der Waals surface area contributed by atoms with Crippen LogP contribution in [0.4, 0.5) is 0 Å². The predicted molar refractivity (Wildman–Crippen MR) is 147 cm³/mol. The van der Waals surface area contributed by atoms with Gasteiger partial charge in [-0.15, -0.1) is 6.58 Å². The SMILES string of the molecule is C=CCC(/C=C\C)c1cccc(-c2nc(C)c3oc4c5ccccc5c5ccccc5c4c3n2)c1. The summed E-state index contributed by atoms with van der Waals surface area (Å²) in [5, 5.41) is 5.69. The van der Waals surface area contributed by atoms with Crippen molar-refractivity contribution in [3.8, 4) is 11.4 Å². The number of rotatable bonds is 5. The molecule has 0 N–H and O–H groups in total. The highest BCUT2D eigenvalue weighted by molar-refractivity contribution is 6.29. The number of aromatic nitrogens is 2. The van der Waals surface area contributed by atoms with Crippen molar-refractivity contribution >= 4 is 43.6 Å². The number of furan rings is 1. The van der Waals surface area contributed by atoms with Gasteiger partial charge >= 0.3 is 0 Å². The van der Waals surface area contributed by atoms with Crippen LogP contribution in [0.25, 0.3) is 55.0 Å². The molecular weight excluding hydrogens is 428 g/mol. The van der Waals surface area contributed by atoms with Crippen LogP contribution in [0.2, 0.25) is 0 Å². The van der Waals surface area contributed by atoms with Gasteiger partial charge in [0.1, 0.15) is 11.1 Å². The minimum absolute atomic E-state index is 0.285. The summed E-state index contributed by atoms with van der Waals surface area (Å²) in [7, 11) is 0. The molecule has 0 radical (unpaired) electrons. The fourth-order valence-electron chi connectivity index (χ4n) is 5.18. The predicted octanol–water partition coefficient (Wildman–Crippen LogP) is 8.89. The molecule has 0 aliphatic heterocycles. The average molecular weight is 455 g/mol. The second-order valence-electron chi connectivity index (χ2n) is 8.99. The van der Waals surface area contributed by atoms with Gasteiger partial charge in [-0.25, -0.2) is 9.97 Å². The highest BCUT2D eigenvalue weighted by Gasteiger charge is 2.20. The van der Waals surface area contributed by atoms with E-state index in [1.165, 1.54) is 16.3 Å². The van der Waals surface area contributed by atoms with Crippen LogP contribution in [0.3, 0.4) is 0 Å². The van der Waals surface area contributed by atoms with E-state index in [9.17, 15) is 0 Å². The van der Waals surface area contributed by atoms with Gasteiger partial charge in [0, 0.05) is 16.9 Å². The fraction of sp³-hybridized carbons (Fsp3) is 0.125. The summed E-state index contributed by atoms with van der Waals surface area (Å²) in [6, 6.07) is 25.5. The number of benzene rings is 4. The zero-order valence-electron chi connectivity index (χ0n) is 20.0. The first kappa shape index (κ1) is 21.3. The first-order valence-electron chi connectivity index (χ1n) is 12.0. The van der Waals surface area contributed by atoms with Crippen molar-refractivity contribution in [3.63, 3.8) is 0 Å². The summed E-state index contributed by atoms with van der Waals surface area (Å²) in [6.45, 7) is 7.99. The Hall–Kier alpha value is -4.24. The first-order chi connectivity index (χ1) is 17.2. The van der Waals surface area contributed by atoms with E-state index < -0.39 is 0 Å². The Balaban J connectivity index is 1.64. The maximum absolute atomic E-state index is 6.48. The monoisotopic (exact) mass is 454 g/mol. The molecule has 2 aromatic heterocycles. The third-order valence-electron chi connectivity index (χ3n) is 6.78. The lowest BCUT2D eigenvalue weighted by Gasteiger charge is -2.12. The lowest BCUT2D eigenvalue weighted by molar-refractivity contribution is 0.665. The van der Waals surface area contributed by atoms with Gasteiger partial charge in [0.25, 0.3) is 0 Å². The van der Waals surface area contributed by atoms with E-state index in [1.54, 1.807) is 0 Å². The Morgan fingerprint density at radius 3 is 2.31 bits per heavy atom. The maximum atomic E-state index is 6.48. The molecule has 0 fully saturated rings. The van der Waals surface area contributed by atoms with Crippen molar-refractivity contribution in [2.24, 2.45) is 0 Å². The van der Waals surface area contributed by atoms with Crippen LogP contribution in [0, 0.1) is 6.92 Å². The van der Waals surface area contributed by atoms with E-state index in [0.717, 1.165) is 56.3 Å². The number of allylic oxidation sites excluding steroid dienone is 3. The third kappa shape index (κ3) is 3.43. The molecule has 0 bridgehead atoms. The van der Waals surface area contributed by atoms with Crippen LogP contribution >= 0.6 is 0 Å². The van der Waals surface area contributed by atoms with Gasteiger partial charge in [0.05, 0.1) is 11.1 Å². The molecule has 1 atom stereocenters. The second kappa shape index (κ2) is 8.52. The number of hydrogen-bond acceptors (Lipinski definition) is 3. The topological polar surface area (TPSA) is 38.9 Å². The van der Waals surface area contributed by atoms with E-state index >= 15 is 0 Å². The molecular formula is C32H26N2O. The molecule has 4 aromatic carbocycles. The van der Waals surface area contributed by atoms with Gasteiger partial charge in [-0.1, -0.05) is 85.0 Å². The highest BCUT2D eigenvalue weighted by atomic mass is 16.3. The highest BCUT2D eigenvalue weighted by Crippen LogP contribution is 2.41. The fourth-order valence-corrected chi connectivity index (χ4v) is 5.18. The molecule has 0 amide bonds. The van der Waals surface area contributed by atoms with E-state index in [0.29, 0.717) is 0 Å². The minimum Gasteiger partial charge on any atom is -0.452 e. The molecule has 170 valence electrons. The number of nitrogens with zero attached hydrogens (tertiary/aromatic N) is 2. The zero-order valence-corrected chi connectivity index (χ0v) is 20.0. The van der Waals surface area contributed by atoms with Crippen molar-refractivity contribution in [2.75, 3.05) is 0 Å². The quantitative estimate of drug-likeness (QED) is 0.193. The van der Waals surface area contributed by atoms with Gasteiger partial charge in [-0.05, 0) is 48.1 Å². The Kier molecular flexibility index (Phi) is 5.18. The number of fused-ring (bicyclic) bond motifs is 8. The Bertz CT molecular complexity index is 1770. The van der Waals surface area contributed by atoms with Crippen LogP contribution in [0.1, 0.15) is 30.5 Å². The third-order valence-corrected chi connectivity index (χ3v) is 6.78. The van der Waals surface area contributed by atoms with Crippen LogP contribution in [-0.2, 0) is 0 Å². The van der Waals surface area contributed by atoms with Crippen molar-refractivity contribution in [1.82, 2.24) is 9.97 Å². The Morgan fingerprint density at radius 1 is 0.857 bits per heavy atom. The number of hydrogen-bond donors (Lipinski definition) is 0. The van der Waals surface area contributed by atoms with Crippen LogP contribution in [0.5, 0.6) is 0 Å². The molecule has 0 aliphatic rings. The molecule has 2 heterocycles. The van der Waals surface area contributed by atoms with Gasteiger partial charge < -0.3 is 4.42 Å². The van der Waals surface area contributed by atoms with E-state index in [4.69, 9.17) is 14.4 Å². The summed E-state index contributed by atoms with van der Waals surface area (Å²) in [6.07, 6.45) is 7.17. The minimum atomic E-state index is 0.285. The summed E-state index contributed by atoms with van der Waals surface area (Å²) in [5.74, 6) is 1.00. The molecule has 35 heavy (non-hydrogen) atoms. The Labute approximate surface area is 204 Å². The van der Waals surface area contributed by atoms with Gasteiger partial charge in [0.2, 0.25) is 0 Å². The summed E-state index contributed by atoms with van der Waals surface area (Å²) in [4.78, 5) is 9.98. The maximum Gasteiger partial charge on any atom is 0.175 e. The average Bonchev–Trinajstić information content (AvgIpc) is 3.30. The van der Waals surface area contributed by atoms with Crippen molar-refractivity contribution in [2.45, 2.75) is 26.2 Å². The van der Waals surface area contributed by atoms with Gasteiger partial charge in [0.15, 0.2) is 11.4 Å². The van der Waals surface area contributed by atoms with E-state index in [2.05, 4.69) is 98.5 Å². The molecule has 0 aliphatic carbocycles. The van der Waals surface area contributed by atoms with Crippen molar-refractivity contribution < 1.29 is 4.42 Å². The molecule has 0 saturated heterocycles. The van der Waals surface area contributed by atoms with E-state index in [1.807, 2.05) is 13.0 Å². The Morgan fingerprint density at radius 2 is 1.57 bits per heavy atom. The normalized spacial score (nSPS) is 12.9. The smallest absolute Gasteiger partial charge is 0.175 e. The number of aryl methyl sites for hydroxylation is 1. The van der Waals surface area contributed by atoms with Gasteiger partial charge in [-0.3, -0.25) is 0 Å². The lowest BCUT2D eigenvalue weighted by atomic mass is 9.93. The second-order valence-corrected chi connectivity index (χ2v) is 8.99. The van der Waals surface area contributed by atoms with E-state index in [-0.39, 0.29) is 5.92 Å². The summed E-state index contributed by atoms with van der Waals surface area (Å²) < 4.78 is 6.48. The molecule has 3 nitrogen and oxygen atoms in total. The first-order valence-corrected chi connectivity index (χ1v) is 12.0. The summed E-state index contributed by atoms with van der Waals surface area (Å²) >= 11 is 0.